The van der Waals surface area contributed by atoms with Crippen LogP contribution in [0.4, 0.5) is 0 Å². The zero-order chi connectivity index (χ0) is 13.7. The first-order valence-corrected chi connectivity index (χ1v) is 9.18. The molecule has 106 valence electrons. The summed E-state index contributed by atoms with van der Waals surface area (Å²) >= 11 is 3.95. The van der Waals surface area contributed by atoms with E-state index in [2.05, 4.69) is 50.2 Å². The van der Waals surface area contributed by atoms with Crippen LogP contribution in [0, 0.1) is 0 Å². The largest absolute Gasteiger partial charge is 0.302 e. The summed E-state index contributed by atoms with van der Waals surface area (Å²) in [5.74, 6) is 1.18. The average molecular weight is 297 g/mol. The predicted molar refractivity (Wildman–Crippen MR) is 85.2 cm³/mol. The summed E-state index contributed by atoms with van der Waals surface area (Å²) in [6.07, 6.45) is 3.92. The molecular formula is C15H24N2S2. The van der Waals surface area contributed by atoms with Crippen LogP contribution in [0.5, 0.6) is 0 Å². The van der Waals surface area contributed by atoms with Crippen LogP contribution in [0.25, 0.3) is 0 Å². The Labute approximate surface area is 124 Å². The SMILES string of the molecule is CC1CC(NC2CC2)(c2nc(C(C)(C)C)cs2)CS1. The molecule has 0 amide bonds. The van der Waals surface area contributed by atoms with E-state index in [4.69, 9.17) is 4.98 Å². The standard InChI is InChI=1S/C15H24N2S2/c1-10-7-15(9-19-10,17-11-5-6-11)13-16-12(8-18-13)14(2,3)4/h8,10-11,17H,5-7,9H2,1-4H3. The molecule has 3 rings (SSSR count). The molecule has 0 spiro atoms. The van der Waals surface area contributed by atoms with Gasteiger partial charge in [0.25, 0.3) is 0 Å². The molecule has 0 aromatic carbocycles. The maximum absolute atomic E-state index is 4.99. The summed E-state index contributed by atoms with van der Waals surface area (Å²) in [7, 11) is 0. The van der Waals surface area contributed by atoms with Gasteiger partial charge in [0.1, 0.15) is 5.01 Å². The molecule has 19 heavy (non-hydrogen) atoms. The summed E-state index contributed by atoms with van der Waals surface area (Å²) in [6.45, 7) is 9.09. The number of nitrogens with one attached hydrogen (secondary N) is 1. The van der Waals surface area contributed by atoms with Crippen molar-refractivity contribution in [3.05, 3.63) is 16.1 Å². The van der Waals surface area contributed by atoms with Crippen LogP contribution in [-0.4, -0.2) is 22.0 Å². The monoisotopic (exact) mass is 296 g/mol. The van der Waals surface area contributed by atoms with Gasteiger partial charge in [0.15, 0.2) is 0 Å². The van der Waals surface area contributed by atoms with Gasteiger partial charge in [0.05, 0.1) is 11.2 Å². The van der Waals surface area contributed by atoms with E-state index < -0.39 is 0 Å². The molecule has 4 heteroatoms. The molecule has 2 unspecified atom stereocenters. The maximum atomic E-state index is 4.99. The summed E-state index contributed by atoms with van der Waals surface area (Å²) in [6, 6.07) is 0.743. The maximum Gasteiger partial charge on any atom is 0.114 e. The molecule has 1 aliphatic carbocycles. The minimum Gasteiger partial charge on any atom is -0.302 e. The van der Waals surface area contributed by atoms with Gasteiger partial charge in [-0.1, -0.05) is 27.7 Å². The van der Waals surface area contributed by atoms with Crippen molar-refractivity contribution in [2.75, 3.05) is 5.75 Å². The molecule has 1 N–H and O–H groups in total. The Kier molecular flexibility index (Phi) is 3.47. The number of thioether (sulfide) groups is 1. The van der Waals surface area contributed by atoms with Gasteiger partial charge >= 0.3 is 0 Å². The molecule has 0 radical (unpaired) electrons. The minimum absolute atomic E-state index is 0.152. The van der Waals surface area contributed by atoms with Crippen LogP contribution in [0.2, 0.25) is 0 Å². The second-order valence-electron chi connectivity index (χ2n) is 7.11. The highest BCUT2D eigenvalue weighted by molar-refractivity contribution is 8.00. The number of hydrogen-bond donors (Lipinski definition) is 1. The lowest BCUT2D eigenvalue weighted by Gasteiger charge is -2.28. The van der Waals surface area contributed by atoms with E-state index in [9.17, 15) is 0 Å². The summed E-state index contributed by atoms with van der Waals surface area (Å²) < 4.78 is 0. The topological polar surface area (TPSA) is 24.9 Å². The summed E-state index contributed by atoms with van der Waals surface area (Å²) in [5, 5.41) is 8.23. The third-order valence-electron chi connectivity index (χ3n) is 3.99. The number of thiazole rings is 1. The molecular weight excluding hydrogens is 272 g/mol. The van der Waals surface area contributed by atoms with Crippen LogP contribution < -0.4 is 5.32 Å². The van der Waals surface area contributed by atoms with Gasteiger partial charge in [-0.25, -0.2) is 4.98 Å². The Hall–Kier alpha value is -0.0600. The zero-order valence-corrected chi connectivity index (χ0v) is 14.0. The first kappa shape index (κ1) is 13.9. The average Bonchev–Trinajstić information content (AvgIpc) is 2.84. The molecule has 2 atom stereocenters. The van der Waals surface area contributed by atoms with E-state index in [0.29, 0.717) is 0 Å². The van der Waals surface area contributed by atoms with Crippen LogP contribution in [0.3, 0.4) is 0 Å². The van der Waals surface area contributed by atoms with Gasteiger partial charge in [-0.05, 0) is 19.3 Å². The Bertz CT molecular complexity index is 459. The zero-order valence-electron chi connectivity index (χ0n) is 12.3. The normalized spacial score (nSPS) is 31.9. The van der Waals surface area contributed by atoms with Gasteiger partial charge in [0.2, 0.25) is 0 Å². The smallest absolute Gasteiger partial charge is 0.114 e. The lowest BCUT2D eigenvalue weighted by Crippen LogP contribution is -2.44. The Morgan fingerprint density at radius 1 is 1.37 bits per heavy atom. The van der Waals surface area contributed by atoms with E-state index in [0.717, 1.165) is 11.3 Å². The Morgan fingerprint density at radius 2 is 2.11 bits per heavy atom. The van der Waals surface area contributed by atoms with E-state index in [-0.39, 0.29) is 11.0 Å². The van der Waals surface area contributed by atoms with Crippen LogP contribution in [0.15, 0.2) is 5.38 Å². The molecule has 0 bridgehead atoms. The van der Waals surface area contributed by atoms with Crippen molar-refractivity contribution in [2.45, 2.75) is 69.2 Å². The van der Waals surface area contributed by atoms with Gasteiger partial charge in [-0.15, -0.1) is 11.3 Å². The van der Waals surface area contributed by atoms with Crippen molar-refractivity contribution in [3.8, 4) is 0 Å². The van der Waals surface area contributed by atoms with Crippen molar-refractivity contribution in [2.24, 2.45) is 0 Å². The van der Waals surface area contributed by atoms with Gasteiger partial charge in [0, 0.05) is 27.8 Å². The molecule has 1 aromatic heterocycles. The number of rotatable bonds is 3. The van der Waals surface area contributed by atoms with E-state index in [1.165, 1.54) is 35.7 Å². The molecule has 2 nitrogen and oxygen atoms in total. The Balaban J connectivity index is 1.89. The van der Waals surface area contributed by atoms with Crippen molar-refractivity contribution in [1.29, 1.82) is 0 Å². The van der Waals surface area contributed by atoms with Crippen molar-refractivity contribution in [1.82, 2.24) is 10.3 Å². The second kappa shape index (κ2) is 4.74. The highest BCUT2D eigenvalue weighted by Crippen LogP contribution is 2.45. The molecule has 2 aliphatic rings. The molecule has 2 fully saturated rings. The molecule has 1 saturated heterocycles. The fourth-order valence-electron chi connectivity index (χ4n) is 2.66. The lowest BCUT2D eigenvalue weighted by molar-refractivity contribution is 0.356. The van der Waals surface area contributed by atoms with Gasteiger partial charge in [-0.2, -0.15) is 11.8 Å². The van der Waals surface area contributed by atoms with E-state index in [1.807, 2.05) is 11.3 Å². The minimum atomic E-state index is 0.152. The third-order valence-corrected chi connectivity index (χ3v) is 6.43. The Morgan fingerprint density at radius 3 is 2.58 bits per heavy atom. The van der Waals surface area contributed by atoms with Crippen molar-refractivity contribution >= 4 is 23.1 Å². The van der Waals surface area contributed by atoms with E-state index >= 15 is 0 Å². The molecule has 1 saturated carbocycles. The highest BCUT2D eigenvalue weighted by atomic mass is 32.2. The molecule has 1 aromatic rings. The fraction of sp³-hybridized carbons (Fsp3) is 0.800. The quantitative estimate of drug-likeness (QED) is 0.915. The van der Waals surface area contributed by atoms with Crippen LogP contribution >= 0.6 is 23.1 Å². The summed E-state index contributed by atoms with van der Waals surface area (Å²) in [4.78, 5) is 4.99. The number of hydrogen-bond acceptors (Lipinski definition) is 4. The lowest BCUT2D eigenvalue weighted by atomic mass is 9.92. The van der Waals surface area contributed by atoms with E-state index in [1.54, 1.807) is 0 Å². The number of aromatic nitrogens is 1. The van der Waals surface area contributed by atoms with Gasteiger partial charge in [-0.3, -0.25) is 0 Å². The molecule has 1 aliphatic heterocycles. The first-order valence-electron chi connectivity index (χ1n) is 7.25. The fourth-order valence-corrected chi connectivity index (χ4v) is 5.28. The van der Waals surface area contributed by atoms with Crippen LogP contribution in [0.1, 0.15) is 57.7 Å². The highest BCUT2D eigenvalue weighted by Gasteiger charge is 2.45. The van der Waals surface area contributed by atoms with Crippen molar-refractivity contribution in [3.63, 3.8) is 0 Å². The first-order chi connectivity index (χ1) is 8.89. The second-order valence-corrected chi connectivity index (χ2v) is 9.40. The van der Waals surface area contributed by atoms with Gasteiger partial charge < -0.3 is 5.32 Å². The van der Waals surface area contributed by atoms with Crippen LogP contribution in [-0.2, 0) is 11.0 Å². The summed E-state index contributed by atoms with van der Waals surface area (Å²) in [5.41, 5.74) is 1.56. The third kappa shape index (κ3) is 2.86. The van der Waals surface area contributed by atoms with Crippen molar-refractivity contribution < 1.29 is 0 Å². The predicted octanol–water partition coefficient (Wildman–Crippen LogP) is 3.91. The molecule has 2 heterocycles. The number of nitrogens with zero attached hydrogens (tertiary/aromatic N) is 1.